The summed E-state index contributed by atoms with van der Waals surface area (Å²) in [5.74, 6) is 3.55. The number of esters is 1. The number of carbonyl (C=O) groups excluding carboxylic acids is 2. The van der Waals surface area contributed by atoms with Gasteiger partial charge in [-0.2, -0.15) is 0 Å². The topological polar surface area (TPSA) is 162 Å². The van der Waals surface area contributed by atoms with Gasteiger partial charge in [-0.1, -0.05) is 41.5 Å². The molecule has 0 aromatic heterocycles. The Labute approximate surface area is 350 Å². The number of ether oxygens (including phenoxy) is 1. The summed E-state index contributed by atoms with van der Waals surface area (Å²) in [5.41, 5.74) is 6.08. The molecule has 0 aromatic carbocycles. The van der Waals surface area contributed by atoms with Gasteiger partial charge in [-0.3, -0.25) is 9.59 Å². The summed E-state index contributed by atoms with van der Waals surface area (Å²) in [6, 6.07) is 0.333. The molecule has 0 bridgehead atoms. The lowest BCUT2D eigenvalue weighted by atomic mass is 9.43. The van der Waals surface area contributed by atoms with E-state index in [1.54, 1.807) is 0 Å². The van der Waals surface area contributed by atoms with Crippen LogP contribution in [0.4, 0.5) is 0 Å². The molecule has 1 amide bonds. The third kappa shape index (κ3) is 6.78. The van der Waals surface area contributed by atoms with Crippen molar-refractivity contribution in [2.45, 2.75) is 194 Å². The maximum absolute atomic E-state index is 13.7. The van der Waals surface area contributed by atoms with Crippen LogP contribution < -0.4 is 11.1 Å². The molecule has 7 N–H and O–H groups in total. The number of nitrogens with two attached hydrogens (primary N) is 1. The Morgan fingerprint density at radius 2 is 1.14 bits per heavy atom. The first-order chi connectivity index (χ1) is 27.4. The molecule has 22 atom stereocenters. The first-order valence-electron chi connectivity index (χ1n) is 24.2. The standard InChI is InChI=1S/C49H82N2O7/c1-26(32-10-12-34-44-36(24-40(54)48(32,34)5)46(3)18-16-30(50)20-28(46)22-38(44)52)8-14-42(56)51-31-17-19-47(4)29(21-31)23-39(53)45-35-13-11-33(27(2)9-15-43(57)58-7)49(35,6)41(55)25-37(45)47/h26-41,44-45,52-55H,8-25,50H2,1-7H3,(H,51,56)/t26?,27?,28-,29-,30+,31+,32?,33?,34?,35?,36?,37?,38-,39-,40?,41?,44+,45+,46?,47?,48?,49?/m0/s1. The third-order valence-corrected chi connectivity index (χ3v) is 21.4. The second-order valence-corrected chi connectivity index (χ2v) is 23.4. The lowest BCUT2D eigenvalue weighted by Gasteiger charge is -2.63. The SMILES string of the molecule is COC(=O)CCC(C)C1CCC2[C@@H]3C(CC(O)C12C)C1(C)CC[C@@H](NC(=O)CCC(C)C2CCC4[C@@H]5C(CC(O)C24C)C2(C)CC[C@@H](N)C[C@H]2C[C@@H]5O)C[C@H]1C[C@@H]3O. The molecule has 8 aliphatic carbocycles. The second kappa shape index (κ2) is 15.8. The second-order valence-electron chi connectivity index (χ2n) is 23.4. The van der Waals surface area contributed by atoms with E-state index in [9.17, 15) is 30.0 Å². The van der Waals surface area contributed by atoms with E-state index in [0.29, 0.717) is 60.2 Å². The van der Waals surface area contributed by atoms with E-state index in [1.807, 2.05) is 0 Å². The highest BCUT2D eigenvalue weighted by Gasteiger charge is 2.67. The van der Waals surface area contributed by atoms with Crippen molar-refractivity contribution in [1.82, 2.24) is 5.32 Å². The molecular weight excluding hydrogens is 729 g/mol. The number of aliphatic hydroxyl groups is 4. The van der Waals surface area contributed by atoms with Gasteiger partial charge in [0.05, 0.1) is 31.5 Å². The number of methoxy groups -OCH3 is 1. The highest BCUT2D eigenvalue weighted by Crippen LogP contribution is 2.70. The lowest BCUT2D eigenvalue weighted by molar-refractivity contribution is -0.202. The van der Waals surface area contributed by atoms with Crippen LogP contribution >= 0.6 is 0 Å². The molecule has 0 aliphatic heterocycles. The fraction of sp³-hybridized carbons (Fsp3) is 0.959. The van der Waals surface area contributed by atoms with Gasteiger partial charge in [-0.25, -0.2) is 0 Å². The molecule has 8 fully saturated rings. The van der Waals surface area contributed by atoms with Crippen LogP contribution in [0.1, 0.15) is 157 Å². The first-order valence-corrected chi connectivity index (χ1v) is 24.2. The van der Waals surface area contributed by atoms with Crippen molar-refractivity contribution in [1.29, 1.82) is 0 Å². The summed E-state index contributed by atoms with van der Waals surface area (Å²) in [6.07, 6.45) is 14.1. The van der Waals surface area contributed by atoms with E-state index in [2.05, 4.69) is 46.9 Å². The Morgan fingerprint density at radius 1 is 0.655 bits per heavy atom. The highest BCUT2D eigenvalue weighted by atomic mass is 16.5. The molecule has 8 aliphatic rings. The van der Waals surface area contributed by atoms with E-state index < -0.39 is 18.3 Å². The summed E-state index contributed by atoms with van der Waals surface area (Å²) >= 11 is 0. The highest BCUT2D eigenvalue weighted by molar-refractivity contribution is 5.76. The molecule has 9 nitrogen and oxygen atoms in total. The molecule has 0 radical (unpaired) electrons. The Hall–Kier alpha value is -1.26. The number of carbonyl (C=O) groups is 2. The molecule has 14 unspecified atom stereocenters. The van der Waals surface area contributed by atoms with Crippen molar-refractivity contribution >= 4 is 11.9 Å². The molecule has 0 heterocycles. The smallest absolute Gasteiger partial charge is 0.305 e. The molecule has 8 rings (SSSR count). The Balaban J connectivity index is 0.863. The minimum absolute atomic E-state index is 0.0267. The van der Waals surface area contributed by atoms with Gasteiger partial charge in [0.2, 0.25) is 5.91 Å². The number of aliphatic hydroxyl groups excluding tert-OH is 4. The molecule has 9 heteroatoms. The maximum atomic E-state index is 13.7. The summed E-state index contributed by atoms with van der Waals surface area (Å²) in [6.45, 7) is 14.0. The maximum Gasteiger partial charge on any atom is 0.305 e. The van der Waals surface area contributed by atoms with Crippen molar-refractivity contribution in [3.8, 4) is 0 Å². The van der Waals surface area contributed by atoms with E-state index in [-0.39, 0.29) is 75.4 Å². The summed E-state index contributed by atoms with van der Waals surface area (Å²) in [7, 11) is 1.44. The van der Waals surface area contributed by atoms with E-state index >= 15 is 0 Å². The molecule has 58 heavy (non-hydrogen) atoms. The van der Waals surface area contributed by atoms with Gasteiger partial charge in [0.1, 0.15) is 0 Å². The minimum Gasteiger partial charge on any atom is -0.469 e. The van der Waals surface area contributed by atoms with Gasteiger partial charge < -0.3 is 36.2 Å². The number of fused-ring (bicyclic) bond motifs is 10. The van der Waals surface area contributed by atoms with E-state index in [0.717, 1.165) is 103 Å². The van der Waals surface area contributed by atoms with Crippen molar-refractivity contribution in [3.05, 3.63) is 0 Å². The summed E-state index contributed by atoms with van der Waals surface area (Å²) < 4.78 is 4.92. The van der Waals surface area contributed by atoms with Crippen LogP contribution in [0.15, 0.2) is 0 Å². The lowest BCUT2D eigenvalue weighted by Crippen LogP contribution is -2.63. The van der Waals surface area contributed by atoms with Crippen molar-refractivity contribution in [3.63, 3.8) is 0 Å². The fourth-order valence-electron chi connectivity index (χ4n) is 18.0. The number of hydrogen-bond acceptors (Lipinski definition) is 8. The average Bonchev–Trinajstić information content (AvgIpc) is 3.73. The van der Waals surface area contributed by atoms with Gasteiger partial charge >= 0.3 is 5.97 Å². The van der Waals surface area contributed by atoms with Gasteiger partial charge in [0, 0.05) is 24.9 Å². The van der Waals surface area contributed by atoms with E-state index in [4.69, 9.17) is 10.5 Å². The van der Waals surface area contributed by atoms with Gasteiger partial charge in [-0.05, 0) is 195 Å². The Bertz CT molecular complexity index is 1530. The Morgan fingerprint density at radius 3 is 1.66 bits per heavy atom. The molecular formula is C49H82N2O7. The number of rotatable bonds is 9. The fourth-order valence-corrected chi connectivity index (χ4v) is 18.0. The normalized spacial score (nSPS) is 53.1. The minimum atomic E-state index is -0.428. The monoisotopic (exact) mass is 811 g/mol. The number of amides is 1. The zero-order valence-corrected chi connectivity index (χ0v) is 37.2. The summed E-state index contributed by atoms with van der Waals surface area (Å²) in [5, 5.41) is 51.2. The van der Waals surface area contributed by atoms with Crippen LogP contribution in [0, 0.1) is 92.7 Å². The van der Waals surface area contributed by atoms with Crippen LogP contribution in [-0.2, 0) is 14.3 Å². The van der Waals surface area contributed by atoms with Crippen LogP contribution in [0.3, 0.4) is 0 Å². The van der Waals surface area contributed by atoms with Gasteiger partial charge in [0.25, 0.3) is 0 Å². The van der Waals surface area contributed by atoms with Gasteiger partial charge in [0.15, 0.2) is 0 Å². The third-order valence-electron chi connectivity index (χ3n) is 21.4. The van der Waals surface area contributed by atoms with E-state index in [1.165, 1.54) is 7.11 Å². The first kappa shape index (κ1) is 43.4. The van der Waals surface area contributed by atoms with Crippen LogP contribution in [0.25, 0.3) is 0 Å². The predicted octanol–water partition coefficient (Wildman–Crippen LogP) is 7.01. The van der Waals surface area contributed by atoms with Gasteiger partial charge in [-0.15, -0.1) is 0 Å². The zero-order chi connectivity index (χ0) is 41.7. The zero-order valence-electron chi connectivity index (χ0n) is 37.2. The number of hydrogen-bond donors (Lipinski definition) is 6. The predicted molar refractivity (Wildman–Crippen MR) is 225 cm³/mol. The average molecular weight is 811 g/mol. The van der Waals surface area contributed by atoms with Crippen LogP contribution in [0.2, 0.25) is 0 Å². The largest absolute Gasteiger partial charge is 0.469 e. The molecule has 8 saturated carbocycles. The van der Waals surface area contributed by atoms with Crippen molar-refractivity contribution in [2.24, 2.45) is 98.4 Å². The molecule has 0 spiro atoms. The quantitative estimate of drug-likeness (QED) is 0.136. The molecule has 330 valence electrons. The summed E-state index contributed by atoms with van der Waals surface area (Å²) in [4.78, 5) is 25.6. The van der Waals surface area contributed by atoms with Crippen molar-refractivity contribution in [2.75, 3.05) is 7.11 Å². The van der Waals surface area contributed by atoms with Crippen molar-refractivity contribution < 1.29 is 34.8 Å². The molecule has 0 saturated heterocycles. The van der Waals surface area contributed by atoms with Crippen LogP contribution in [-0.4, -0.2) is 75.9 Å². The Kier molecular flexibility index (Phi) is 11.8. The number of nitrogens with one attached hydrogen (secondary N) is 1. The van der Waals surface area contributed by atoms with Crippen LogP contribution in [0.5, 0.6) is 0 Å². The molecule has 0 aromatic rings.